The maximum Gasteiger partial charge on any atom is 0.103 e. The summed E-state index contributed by atoms with van der Waals surface area (Å²) in [4.78, 5) is 0. The second-order valence-electron chi connectivity index (χ2n) is 22.9. The summed E-state index contributed by atoms with van der Waals surface area (Å²) in [5.41, 5.74) is 20.4. The molecule has 0 fully saturated rings. The molecule has 15 aromatic rings. The van der Waals surface area contributed by atoms with E-state index in [9.17, 15) is 10.5 Å². The van der Waals surface area contributed by atoms with Gasteiger partial charge in [0.1, 0.15) is 12.1 Å². The van der Waals surface area contributed by atoms with Gasteiger partial charge in [-0.3, -0.25) is 0 Å². The van der Waals surface area contributed by atoms with Gasteiger partial charge in [-0.2, -0.15) is 10.5 Å². The fourth-order valence-corrected chi connectivity index (χ4v) is 15.2. The van der Waals surface area contributed by atoms with Crippen molar-refractivity contribution in [1.82, 2.24) is 18.3 Å². The van der Waals surface area contributed by atoms with E-state index in [1.807, 2.05) is 0 Å². The van der Waals surface area contributed by atoms with Gasteiger partial charge in [0, 0.05) is 53.9 Å². The highest BCUT2D eigenvalue weighted by Crippen LogP contribution is 2.57. The van der Waals surface area contributed by atoms with E-state index >= 15 is 0 Å². The molecule has 11 aromatic carbocycles. The Kier molecular flexibility index (Phi) is 8.74. The second-order valence-corrected chi connectivity index (χ2v) is 22.9. The first-order chi connectivity index (χ1) is 39.2. The van der Waals surface area contributed by atoms with Crippen LogP contribution in [0.25, 0.3) is 132 Å². The molecule has 2 aliphatic rings. The van der Waals surface area contributed by atoms with E-state index in [0.717, 1.165) is 98.6 Å². The van der Waals surface area contributed by atoms with E-state index in [-0.39, 0.29) is 22.0 Å². The molecular formula is C74H48N6. The summed E-state index contributed by atoms with van der Waals surface area (Å²) in [7, 11) is 0. The quantitative estimate of drug-likeness (QED) is 0.176. The summed E-state index contributed by atoms with van der Waals surface area (Å²) in [5, 5.41) is 33.9. The molecule has 0 bridgehead atoms. The van der Waals surface area contributed by atoms with Crippen molar-refractivity contribution in [2.45, 2.75) is 38.5 Å². The van der Waals surface area contributed by atoms with E-state index in [2.05, 4.69) is 276 Å². The Bertz CT molecular complexity index is 4960. The van der Waals surface area contributed by atoms with Crippen molar-refractivity contribution in [2.75, 3.05) is 0 Å². The topological polar surface area (TPSA) is 67.3 Å². The standard InChI is InChI=1S/C74H48N6/c1-73(2)55-29-13-5-21-43(55)49-37-39-63-65(67(49)73)51-27-11-19-35-61(51)79(63)69-53(41-75)54(42-76)70(80-62-36-20-12-28-52(62)66-64(80)40-38-50-44-22-6-14-30-56(44)74(3,4)68(50)66)72(78-59-33-17-9-25-47(59)48-26-10-18-34-60(48)78)71(69)77-57-31-15-7-23-45(57)46-24-8-16-32-58(46)77/h5-40H,1-4H3. The summed E-state index contributed by atoms with van der Waals surface area (Å²) in [5.74, 6) is 0. The van der Waals surface area contributed by atoms with Gasteiger partial charge in [-0.15, -0.1) is 0 Å². The van der Waals surface area contributed by atoms with Crippen LogP contribution in [0.1, 0.15) is 61.1 Å². The fraction of sp³-hybridized carbons (Fsp3) is 0.0811. The van der Waals surface area contributed by atoms with Gasteiger partial charge in [-0.05, 0) is 93.0 Å². The van der Waals surface area contributed by atoms with Gasteiger partial charge in [0.2, 0.25) is 0 Å². The average Bonchev–Trinajstić information content (AvgIpc) is 4.26. The van der Waals surface area contributed by atoms with Crippen LogP contribution >= 0.6 is 0 Å². The van der Waals surface area contributed by atoms with Crippen LogP contribution in [0.5, 0.6) is 0 Å². The smallest absolute Gasteiger partial charge is 0.103 e. The predicted molar refractivity (Wildman–Crippen MR) is 328 cm³/mol. The molecule has 4 heterocycles. The minimum Gasteiger partial charge on any atom is -0.306 e. The molecule has 0 saturated carbocycles. The maximum atomic E-state index is 12.5. The molecule has 17 rings (SSSR count). The fourth-order valence-electron chi connectivity index (χ4n) is 15.2. The van der Waals surface area contributed by atoms with Crippen LogP contribution in [-0.4, -0.2) is 18.3 Å². The molecule has 0 atom stereocenters. The minimum atomic E-state index is -0.351. The van der Waals surface area contributed by atoms with E-state index < -0.39 is 0 Å². The summed E-state index contributed by atoms with van der Waals surface area (Å²) >= 11 is 0. The number of para-hydroxylation sites is 6. The van der Waals surface area contributed by atoms with Crippen molar-refractivity contribution in [3.8, 4) is 57.1 Å². The van der Waals surface area contributed by atoms with Crippen molar-refractivity contribution < 1.29 is 0 Å². The molecule has 0 N–H and O–H groups in total. The Balaban J connectivity index is 1.17. The van der Waals surface area contributed by atoms with Crippen LogP contribution in [0.2, 0.25) is 0 Å². The molecule has 0 aliphatic heterocycles. The zero-order valence-corrected chi connectivity index (χ0v) is 44.5. The third-order valence-corrected chi connectivity index (χ3v) is 18.4. The zero-order valence-electron chi connectivity index (χ0n) is 44.5. The zero-order chi connectivity index (χ0) is 53.5. The van der Waals surface area contributed by atoms with Gasteiger partial charge in [0.15, 0.2) is 0 Å². The largest absolute Gasteiger partial charge is 0.306 e. The Morgan fingerprint density at radius 1 is 0.275 bits per heavy atom. The van der Waals surface area contributed by atoms with Crippen LogP contribution < -0.4 is 0 Å². The van der Waals surface area contributed by atoms with Crippen LogP contribution in [0, 0.1) is 22.7 Å². The van der Waals surface area contributed by atoms with Crippen molar-refractivity contribution in [3.05, 3.63) is 252 Å². The van der Waals surface area contributed by atoms with Crippen LogP contribution in [0.4, 0.5) is 0 Å². The van der Waals surface area contributed by atoms with Gasteiger partial charge in [-0.1, -0.05) is 198 Å². The molecule has 0 amide bonds. The first-order valence-electron chi connectivity index (χ1n) is 27.6. The lowest BCUT2D eigenvalue weighted by atomic mass is 9.80. The highest BCUT2D eigenvalue weighted by atomic mass is 15.1. The molecule has 0 unspecified atom stereocenters. The highest BCUT2D eigenvalue weighted by molar-refractivity contribution is 6.19. The van der Waals surface area contributed by atoms with Crippen LogP contribution in [-0.2, 0) is 10.8 Å². The summed E-state index contributed by atoms with van der Waals surface area (Å²) in [6.45, 7) is 9.38. The molecule has 0 radical (unpaired) electrons. The number of benzene rings is 11. The average molecular weight is 1020 g/mol. The third-order valence-electron chi connectivity index (χ3n) is 18.4. The molecule has 2 aliphatic carbocycles. The Morgan fingerprint density at radius 2 is 0.550 bits per heavy atom. The first kappa shape index (κ1) is 44.7. The number of hydrogen-bond donors (Lipinski definition) is 0. The number of rotatable bonds is 4. The molecule has 374 valence electrons. The number of fused-ring (bicyclic) bond motifs is 20. The number of nitriles is 2. The first-order valence-corrected chi connectivity index (χ1v) is 27.6. The van der Waals surface area contributed by atoms with Crippen molar-refractivity contribution in [3.63, 3.8) is 0 Å². The molecule has 80 heavy (non-hydrogen) atoms. The lowest BCUT2D eigenvalue weighted by Gasteiger charge is -2.28. The Hall–Kier alpha value is -10.4. The van der Waals surface area contributed by atoms with Crippen LogP contribution in [0.15, 0.2) is 218 Å². The van der Waals surface area contributed by atoms with E-state index in [1.54, 1.807) is 0 Å². The lowest BCUT2D eigenvalue weighted by molar-refractivity contribution is 0.666. The molecule has 6 nitrogen and oxygen atoms in total. The third kappa shape index (κ3) is 5.40. The van der Waals surface area contributed by atoms with Gasteiger partial charge in [0.05, 0.1) is 78.0 Å². The monoisotopic (exact) mass is 1020 g/mol. The Labute approximate surface area is 461 Å². The van der Waals surface area contributed by atoms with Gasteiger partial charge < -0.3 is 18.3 Å². The summed E-state index contributed by atoms with van der Waals surface area (Å²) in [6.07, 6.45) is 0. The summed E-state index contributed by atoms with van der Waals surface area (Å²) in [6, 6.07) is 84.3. The number of aromatic nitrogens is 4. The maximum absolute atomic E-state index is 12.5. The highest BCUT2D eigenvalue weighted by Gasteiger charge is 2.42. The summed E-state index contributed by atoms with van der Waals surface area (Å²) < 4.78 is 9.48. The molecular weight excluding hydrogens is 973 g/mol. The molecule has 0 saturated heterocycles. The predicted octanol–water partition coefficient (Wildman–Crippen LogP) is 18.4. The number of nitrogens with zero attached hydrogens (tertiary/aromatic N) is 6. The normalized spacial score (nSPS) is 13.9. The SMILES string of the molecule is CC1(C)c2ccccc2-c2ccc3c(c21)c1ccccc1n3-c1c(C#N)c(C#N)c(-n2c3ccccc3c3c4c(ccc32)-c2ccccc2C4(C)C)c(-n2c3ccccc3c3ccccc32)c1-n1c2ccccc2c2ccccc21. The van der Waals surface area contributed by atoms with Crippen molar-refractivity contribution in [1.29, 1.82) is 10.5 Å². The van der Waals surface area contributed by atoms with Gasteiger partial charge in [0.25, 0.3) is 0 Å². The van der Waals surface area contributed by atoms with Crippen molar-refractivity contribution in [2.24, 2.45) is 0 Å². The molecule has 0 spiro atoms. The van der Waals surface area contributed by atoms with E-state index in [0.29, 0.717) is 11.4 Å². The molecule has 6 heteroatoms. The van der Waals surface area contributed by atoms with Gasteiger partial charge in [-0.25, -0.2) is 0 Å². The lowest BCUT2D eigenvalue weighted by Crippen LogP contribution is -2.17. The molecule has 4 aromatic heterocycles. The van der Waals surface area contributed by atoms with E-state index in [1.165, 1.54) is 44.5 Å². The van der Waals surface area contributed by atoms with Crippen LogP contribution in [0.3, 0.4) is 0 Å². The minimum absolute atomic E-state index is 0.286. The van der Waals surface area contributed by atoms with Crippen molar-refractivity contribution >= 4 is 87.2 Å². The van der Waals surface area contributed by atoms with E-state index in [4.69, 9.17) is 0 Å². The second kappa shape index (κ2) is 15.6. The number of hydrogen-bond acceptors (Lipinski definition) is 2. The van der Waals surface area contributed by atoms with Gasteiger partial charge >= 0.3 is 0 Å². The Morgan fingerprint density at radius 3 is 0.887 bits per heavy atom.